The maximum Gasteiger partial charge on any atom is 0.0984 e. The van der Waals surface area contributed by atoms with Gasteiger partial charge in [0.1, 0.15) is 0 Å². The van der Waals surface area contributed by atoms with Crippen LogP contribution in [0.1, 0.15) is 20.8 Å². The molecular formula is C6H15ClNPS. The van der Waals surface area contributed by atoms with Crippen LogP contribution in [-0.2, 0) is 11.8 Å². The molecule has 1 unspecified atom stereocenters. The molecule has 0 bridgehead atoms. The molecule has 0 amide bonds. The average molecular weight is 200 g/mol. The summed E-state index contributed by atoms with van der Waals surface area (Å²) in [5, 5.41) is 0. The Morgan fingerprint density at radius 2 is 1.70 bits per heavy atom. The first-order chi connectivity index (χ1) is 4.58. The zero-order chi connectivity index (χ0) is 8.20. The van der Waals surface area contributed by atoms with Crippen molar-refractivity contribution in [2.24, 2.45) is 0 Å². The summed E-state index contributed by atoms with van der Waals surface area (Å²) >= 11 is 11.4. The lowest BCUT2D eigenvalue weighted by Gasteiger charge is -2.26. The summed E-state index contributed by atoms with van der Waals surface area (Å²) in [5.74, 6) is 0. The zero-order valence-electron chi connectivity index (χ0n) is 6.80. The van der Waals surface area contributed by atoms with E-state index in [0.29, 0.717) is 0 Å². The molecule has 0 fully saturated rings. The van der Waals surface area contributed by atoms with E-state index in [1.54, 1.807) is 0 Å². The third-order valence-corrected chi connectivity index (χ3v) is 6.56. The Morgan fingerprint density at radius 3 is 1.80 bits per heavy atom. The van der Waals surface area contributed by atoms with E-state index in [9.17, 15) is 0 Å². The van der Waals surface area contributed by atoms with Gasteiger partial charge in [-0.05, 0) is 6.16 Å². The highest BCUT2D eigenvalue weighted by atomic mass is 35.7. The Balaban J connectivity index is 4.12. The van der Waals surface area contributed by atoms with Crippen molar-refractivity contribution in [3.05, 3.63) is 0 Å². The van der Waals surface area contributed by atoms with Gasteiger partial charge >= 0.3 is 0 Å². The summed E-state index contributed by atoms with van der Waals surface area (Å²) in [6.45, 7) is 8.22. The topological polar surface area (TPSA) is 3.24 Å². The molecule has 0 saturated carbocycles. The highest BCUT2D eigenvalue weighted by Gasteiger charge is 2.16. The van der Waals surface area contributed by atoms with Crippen LogP contribution < -0.4 is 0 Å². The van der Waals surface area contributed by atoms with Gasteiger partial charge in [0, 0.05) is 13.1 Å². The molecule has 0 saturated heterocycles. The van der Waals surface area contributed by atoms with Gasteiger partial charge in [0.2, 0.25) is 0 Å². The molecular weight excluding hydrogens is 185 g/mol. The van der Waals surface area contributed by atoms with Gasteiger partial charge in [-0.15, -0.1) is 0 Å². The number of nitrogens with zero attached hydrogens (tertiary/aromatic N) is 1. The van der Waals surface area contributed by atoms with E-state index in [4.69, 9.17) is 23.0 Å². The molecule has 0 radical (unpaired) electrons. The molecule has 0 N–H and O–H groups in total. The van der Waals surface area contributed by atoms with Gasteiger partial charge in [0.15, 0.2) is 0 Å². The van der Waals surface area contributed by atoms with E-state index in [0.717, 1.165) is 19.3 Å². The van der Waals surface area contributed by atoms with Crippen molar-refractivity contribution in [1.82, 2.24) is 4.67 Å². The molecule has 0 aliphatic carbocycles. The summed E-state index contributed by atoms with van der Waals surface area (Å²) in [4.78, 5) is 0. The minimum Gasteiger partial charge on any atom is -0.264 e. The normalized spacial score (nSPS) is 17.3. The summed E-state index contributed by atoms with van der Waals surface area (Å²) in [6, 6.07) is 0. The minimum atomic E-state index is -1.64. The third kappa shape index (κ3) is 2.87. The van der Waals surface area contributed by atoms with Crippen LogP contribution in [0.25, 0.3) is 0 Å². The Labute approximate surface area is 73.6 Å². The fourth-order valence-corrected chi connectivity index (χ4v) is 3.42. The molecule has 10 heavy (non-hydrogen) atoms. The van der Waals surface area contributed by atoms with Crippen molar-refractivity contribution in [3.63, 3.8) is 0 Å². The quantitative estimate of drug-likeness (QED) is 0.641. The Bertz CT molecular complexity index is 136. The summed E-state index contributed by atoms with van der Waals surface area (Å²) in [6.07, 6.45) is 0.922. The smallest absolute Gasteiger partial charge is 0.0984 e. The average Bonchev–Trinajstić information content (AvgIpc) is 1.90. The van der Waals surface area contributed by atoms with Gasteiger partial charge in [-0.2, -0.15) is 0 Å². The lowest BCUT2D eigenvalue weighted by molar-refractivity contribution is 0.511. The summed E-state index contributed by atoms with van der Waals surface area (Å²) in [5.41, 5.74) is -1.64. The summed E-state index contributed by atoms with van der Waals surface area (Å²) in [7, 11) is 0. The van der Waals surface area contributed by atoms with Gasteiger partial charge in [0.25, 0.3) is 0 Å². The molecule has 1 nitrogen and oxygen atoms in total. The predicted molar refractivity (Wildman–Crippen MR) is 53.6 cm³/mol. The number of rotatable bonds is 4. The van der Waals surface area contributed by atoms with Gasteiger partial charge in [-0.25, -0.2) is 0 Å². The fourth-order valence-electron chi connectivity index (χ4n) is 0.846. The zero-order valence-corrected chi connectivity index (χ0v) is 9.27. The van der Waals surface area contributed by atoms with Gasteiger partial charge in [-0.3, -0.25) is 4.67 Å². The Hall–Kier alpha value is 0.900. The highest BCUT2D eigenvalue weighted by Crippen LogP contribution is 2.54. The summed E-state index contributed by atoms with van der Waals surface area (Å²) < 4.78 is 2.18. The lowest BCUT2D eigenvalue weighted by atomic mass is 10.7. The molecule has 0 rings (SSSR count). The lowest BCUT2D eigenvalue weighted by Crippen LogP contribution is -2.17. The predicted octanol–water partition coefficient (Wildman–Crippen LogP) is 2.90. The molecule has 0 aliphatic heterocycles. The number of hydrogen-bond acceptors (Lipinski definition) is 1. The van der Waals surface area contributed by atoms with E-state index in [-0.39, 0.29) is 0 Å². The molecule has 4 heteroatoms. The SMILES string of the molecule is CCN(CC)P(=S)(Cl)CC. The molecule has 0 aromatic rings. The van der Waals surface area contributed by atoms with Crippen molar-refractivity contribution < 1.29 is 0 Å². The molecule has 0 aromatic heterocycles. The molecule has 0 aromatic carbocycles. The number of halogens is 1. The van der Waals surface area contributed by atoms with Gasteiger partial charge in [0.05, 0.1) is 5.54 Å². The van der Waals surface area contributed by atoms with E-state index in [1.807, 2.05) is 0 Å². The molecule has 0 aliphatic rings. The monoisotopic (exact) mass is 199 g/mol. The van der Waals surface area contributed by atoms with E-state index in [2.05, 4.69) is 25.4 Å². The van der Waals surface area contributed by atoms with Crippen LogP contribution in [0.3, 0.4) is 0 Å². The van der Waals surface area contributed by atoms with Crippen molar-refractivity contribution in [2.45, 2.75) is 20.8 Å². The molecule has 0 spiro atoms. The molecule has 0 heterocycles. The number of hydrogen-bond donors (Lipinski definition) is 0. The van der Waals surface area contributed by atoms with Gasteiger partial charge < -0.3 is 0 Å². The van der Waals surface area contributed by atoms with E-state index < -0.39 is 5.54 Å². The first-order valence-corrected chi connectivity index (χ1v) is 7.47. The third-order valence-electron chi connectivity index (χ3n) is 1.54. The van der Waals surface area contributed by atoms with Crippen LogP contribution in [-0.4, -0.2) is 23.9 Å². The second kappa shape index (κ2) is 4.71. The highest BCUT2D eigenvalue weighted by molar-refractivity contribution is 8.25. The Kier molecular flexibility index (Phi) is 5.14. The largest absolute Gasteiger partial charge is 0.264 e. The van der Waals surface area contributed by atoms with Crippen molar-refractivity contribution in [2.75, 3.05) is 19.3 Å². The maximum atomic E-state index is 6.14. The van der Waals surface area contributed by atoms with Crippen LogP contribution in [0.15, 0.2) is 0 Å². The van der Waals surface area contributed by atoms with Crippen LogP contribution in [0.4, 0.5) is 0 Å². The van der Waals surface area contributed by atoms with E-state index >= 15 is 0 Å². The molecule has 1 atom stereocenters. The van der Waals surface area contributed by atoms with Crippen LogP contribution in [0.5, 0.6) is 0 Å². The van der Waals surface area contributed by atoms with Gasteiger partial charge in [-0.1, -0.05) is 43.8 Å². The van der Waals surface area contributed by atoms with Crippen molar-refractivity contribution in [3.8, 4) is 0 Å². The second-order valence-electron chi connectivity index (χ2n) is 2.07. The first kappa shape index (κ1) is 10.9. The van der Waals surface area contributed by atoms with Crippen LogP contribution >= 0.6 is 16.8 Å². The Morgan fingerprint density at radius 1 is 1.30 bits per heavy atom. The standard InChI is InChI=1S/C6H15ClNPS/c1-4-8(5-2)9(7,10)6-3/h4-6H2,1-3H3. The first-order valence-electron chi connectivity index (χ1n) is 3.62. The van der Waals surface area contributed by atoms with Crippen molar-refractivity contribution in [1.29, 1.82) is 0 Å². The fraction of sp³-hybridized carbons (Fsp3) is 1.00. The minimum absolute atomic E-state index is 0.922. The van der Waals surface area contributed by atoms with E-state index in [1.165, 1.54) is 0 Å². The maximum absolute atomic E-state index is 6.14. The van der Waals surface area contributed by atoms with Crippen LogP contribution in [0, 0.1) is 0 Å². The van der Waals surface area contributed by atoms with Crippen molar-refractivity contribution >= 4 is 28.6 Å². The van der Waals surface area contributed by atoms with Crippen LogP contribution in [0.2, 0.25) is 0 Å². The second-order valence-corrected chi connectivity index (χ2v) is 8.59. The molecule has 62 valence electrons.